The summed E-state index contributed by atoms with van der Waals surface area (Å²) in [7, 11) is 0. The van der Waals surface area contributed by atoms with Crippen LogP contribution < -0.4 is 10.6 Å². The molecule has 0 bridgehead atoms. The third-order valence-corrected chi connectivity index (χ3v) is 14.2. The zero-order valence-electron chi connectivity index (χ0n) is 44.4. The van der Waals surface area contributed by atoms with Crippen molar-refractivity contribution in [1.82, 2.24) is 10.6 Å². The number of aliphatic hydroxyl groups excluding tert-OH is 11. The number of carboxylic acids is 1. The van der Waals surface area contributed by atoms with Crippen LogP contribution in [-0.4, -0.2) is 215 Å². The minimum absolute atomic E-state index is 0.201. The van der Waals surface area contributed by atoms with Crippen LogP contribution in [0.5, 0.6) is 0 Å². The van der Waals surface area contributed by atoms with Crippen molar-refractivity contribution in [3.63, 3.8) is 0 Å². The van der Waals surface area contributed by atoms with E-state index in [1.54, 1.807) is 6.08 Å². The summed E-state index contributed by atoms with van der Waals surface area (Å²) in [5, 5.41) is 135. The van der Waals surface area contributed by atoms with Crippen LogP contribution in [0.1, 0.15) is 162 Å². The van der Waals surface area contributed by atoms with Gasteiger partial charge in [-0.1, -0.05) is 135 Å². The van der Waals surface area contributed by atoms with E-state index in [4.69, 9.17) is 28.4 Å². The molecule has 0 radical (unpaired) electrons. The number of nitrogens with one attached hydrogen (secondary N) is 2. The number of rotatable bonds is 38. The molecule has 3 rings (SSSR count). The van der Waals surface area contributed by atoms with Crippen molar-refractivity contribution < 1.29 is 104 Å². The third kappa shape index (κ3) is 21.6. The molecule has 0 saturated carbocycles. The highest BCUT2D eigenvalue weighted by Crippen LogP contribution is 2.38. The van der Waals surface area contributed by atoms with E-state index in [0.717, 1.165) is 58.3 Å². The summed E-state index contributed by atoms with van der Waals surface area (Å²) in [6.07, 6.45) is -3.83. The van der Waals surface area contributed by atoms with E-state index in [0.29, 0.717) is 12.8 Å². The first-order valence-electron chi connectivity index (χ1n) is 27.6. The number of aliphatic carboxylic acids is 1. The summed E-state index contributed by atoms with van der Waals surface area (Å²) < 4.78 is 34.5. The van der Waals surface area contributed by atoms with E-state index in [1.807, 2.05) is 6.08 Å². The van der Waals surface area contributed by atoms with Gasteiger partial charge in [0, 0.05) is 19.8 Å². The number of allylic oxidation sites excluding steroid dienone is 1. The van der Waals surface area contributed by atoms with Crippen LogP contribution in [-0.2, 0) is 42.8 Å². The number of carbonyl (C=O) groups is 3. The quantitative estimate of drug-likeness (QED) is 0.0295. The van der Waals surface area contributed by atoms with Crippen molar-refractivity contribution in [2.45, 2.75) is 272 Å². The van der Waals surface area contributed by atoms with Crippen molar-refractivity contribution in [3.05, 3.63) is 12.2 Å². The highest BCUT2D eigenvalue weighted by molar-refractivity contribution is 5.77. The SMILES string of the molecule is CCCCCCCCCCCCC/C=C/[C@@H](O)[C@H](CO[C@@H]1O[C@H](CO)[C@@H](O[C@@H]2O[C@H](CO)[C@H](O)[C@H](O[C@]3(C(=O)O)C[C@H](O)[C@@H](NC(C)=O)[C@H]([C@H](O)[C@H](O)CO)O3)[C@H]2O)[C@H](O)[C@H]1O)NC(=O)CCCCCCCCCC. The maximum Gasteiger partial charge on any atom is 0.364 e. The van der Waals surface area contributed by atoms with Crippen LogP contribution in [0.3, 0.4) is 0 Å². The molecule has 3 aliphatic rings. The second-order valence-electron chi connectivity index (χ2n) is 20.5. The zero-order chi connectivity index (χ0) is 55.5. The van der Waals surface area contributed by atoms with Crippen LogP contribution in [0.4, 0.5) is 0 Å². The Balaban J connectivity index is 1.72. The van der Waals surface area contributed by atoms with E-state index < -0.39 is 155 Å². The molecule has 3 aliphatic heterocycles. The second kappa shape index (κ2) is 35.9. The molecule has 0 aliphatic carbocycles. The number of carbonyl (C=O) groups excluding carboxylic acids is 2. The number of amides is 2. The van der Waals surface area contributed by atoms with Gasteiger partial charge in [0.15, 0.2) is 12.6 Å². The summed E-state index contributed by atoms with van der Waals surface area (Å²) >= 11 is 0. The van der Waals surface area contributed by atoms with Gasteiger partial charge in [0.25, 0.3) is 5.79 Å². The lowest BCUT2D eigenvalue weighted by Gasteiger charge is -2.50. The van der Waals surface area contributed by atoms with E-state index in [-0.39, 0.29) is 12.3 Å². The highest BCUT2D eigenvalue weighted by atomic mass is 16.8. The van der Waals surface area contributed by atoms with Crippen molar-refractivity contribution in [3.8, 4) is 0 Å². The Morgan fingerprint density at radius 1 is 0.693 bits per heavy atom. The molecule has 14 N–H and O–H groups in total. The summed E-state index contributed by atoms with van der Waals surface area (Å²) in [6, 6.07) is -2.61. The number of hydrogen-bond acceptors (Lipinski definition) is 20. The van der Waals surface area contributed by atoms with Gasteiger partial charge in [-0.3, -0.25) is 9.59 Å². The van der Waals surface area contributed by atoms with Gasteiger partial charge in [-0.25, -0.2) is 4.79 Å². The fourth-order valence-electron chi connectivity index (χ4n) is 9.71. The number of aliphatic hydroxyl groups is 11. The van der Waals surface area contributed by atoms with Gasteiger partial charge >= 0.3 is 5.97 Å². The summed E-state index contributed by atoms with van der Waals surface area (Å²) in [6.45, 7) is 2.02. The van der Waals surface area contributed by atoms with Gasteiger partial charge in [-0.15, -0.1) is 0 Å². The van der Waals surface area contributed by atoms with Gasteiger partial charge in [-0.05, 0) is 19.3 Å². The van der Waals surface area contributed by atoms with Crippen LogP contribution in [0.25, 0.3) is 0 Å². The third-order valence-electron chi connectivity index (χ3n) is 14.2. The summed E-state index contributed by atoms with van der Waals surface area (Å²) in [4.78, 5) is 38.1. The fourth-order valence-corrected chi connectivity index (χ4v) is 9.71. The Kier molecular flexibility index (Phi) is 31.9. The molecule has 2 amide bonds. The minimum atomic E-state index is -3.08. The van der Waals surface area contributed by atoms with Gasteiger partial charge in [-0.2, -0.15) is 0 Å². The lowest BCUT2D eigenvalue weighted by Crippen LogP contribution is -2.70. The maximum absolute atomic E-state index is 13.2. The van der Waals surface area contributed by atoms with Crippen molar-refractivity contribution in [1.29, 1.82) is 0 Å². The number of carboxylic acid groups (broad SMARTS) is 1. The Morgan fingerprint density at radius 2 is 1.24 bits per heavy atom. The molecule has 0 unspecified atom stereocenters. The minimum Gasteiger partial charge on any atom is -0.477 e. The molecule has 438 valence electrons. The molecule has 3 saturated heterocycles. The van der Waals surface area contributed by atoms with E-state index in [2.05, 4.69) is 24.5 Å². The standard InChI is InChI=1S/C52H94N2O21/c1-4-6-8-10-12-14-15-16-17-18-19-21-23-25-34(59)33(54-39(62)26-24-22-20-13-11-9-7-5-2)31-70-49-44(66)43(65)46(38(30-57)72-49)73-50-45(67)48(42(64)37(29-56)71-50)75-52(51(68)69)27-35(60)40(53-32(3)58)47(74-52)41(63)36(61)28-55/h23,25,33-38,40-50,55-57,59-61,63-67H,4-22,24,26-31H2,1-3H3,(H,53,58)(H,54,62)(H,68,69)/b25-23+/t33-,34+,35-,36+,37+,38+,40+,41+,42-,43+,44+,45+,46+,47+,48-,49+,50-,52-/m0/s1. The molecule has 23 heteroatoms. The first kappa shape index (κ1) is 66.7. The monoisotopic (exact) mass is 1080 g/mol. The topological polar surface area (TPSA) is 373 Å². The summed E-state index contributed by atoms with van der Waals surface area (Å²) in [5.41, 5.74) is 0. The molecule has 23 nitrogen and oxygen atoms in total. The van der Waals surface area contributed by atoms with E-state index in [9.17, 15) is 75.7 Å². The van der Waals surface area contributed by atoms with Crippen molar-refractivity contribution in [2.24, 2.45) is 0 Å². The predicted molar refractivity (Wildman–Crippen MR) is 269 cm³/mol. The number of ether oxygens (including phenoxy) is 6. The largest absolute Gasteiger partial charge is 0.477 e. The molecule has 18 atom stereocenters. The van der Waals surface area contributed by atoms with E-state index >= 15 is 0 Å². The highest BCUT2D eigenvalue weighted by Gasteiger charge is 2.60. The van der Waals surface area contributed by atoms with Crippen LogP contribution in [0, 0.1) is 0 Å². The number of unbranched alkanes of at least 4 members (excludes halogenated alkanes) is 18. The molecule has 0 aromatic carbocycles. The van der Waals surface area contributed by atoms with Crippen molar-refractivity contribution >= 4 is 17.8 Å². The molecule has 3 fully saturated rings. The average molecular weight is 1080 g/mol. The zero-order valence-corrected chi connectivity index (χ0v) is 44.4. The van der Waals surface area contributed by atoms with Crippen LogP contribution >= 0.6 is 0 Å². The lowest BCUT2D eigenvalue weighted by atomic mass is 9.88. The van der Waals surface area contributed by atoms with Gasteiger partial charge in [0.1, 0.15) is 67.1 Å². The predicted octanol–water partition coefficient (Wildman–Crippen LogP) is 0.435. The maximum atomic E-state index is 13.2. The Morgan fingerprint density at radius 3 is 1.77 bits per heavy atom. The Bertz CT molecular complexity index is 1620. The molecule has 0 spiro atoms. The fraction of sp³-hybridized carbons (Fsp3) is 0.904. The molecule has 0 aromatic heterocycles. The first-order valence-corrected chi connectivity index (χ1v) is 27.6. The second-order valence-corrected chi connectivity index (χ2v) is 20.5. The molecular weight excluding hydrogens is 989 g/mol. The Labute approximate surface area is 441 Å². The molecular formula is C52H94N2O21. The summed E-state index contributed by atoms with van der Waals surface area (Å²) in [5.74, 6) is -6.15. The lowest BCUT2D eigenvalue weighted by molar-refractivity contribution is -0.386. The molecule has 75 heavy (non-hydrogen) atoms. The Hall–Kier alpha value is -2.53. The average Bonchev–Trinajstić information content (AvgIpc) is 3.38. The van der Waals surface area contributed by atoms with Crippen LogP contribution in [0.2, 0.25) is 0 Å². The smallest absolute Gasteiger partial charge is 0.364 e. The van der Waals surface area contributed by atoms with Crippen molar-refractivity contribution in [2.75, 3.05) is 26.4 Å². The van der Waals surface area contributed by atoms with Gasteiger partial charge in [0.05, 0.1) is 50.7 Å². The molecule has 3 heterocycles. The van der Waals surface area contributed by atoms with Crippen LogP contribution in [0.15, 0.2) is 12.2 Å². The van der Waals surface area contributed by atoms with E-state index in [1.165, 1.54) is 64.2 Å². The number of hydrogen-bond donors (Lipinski definition) is 14. The van der Waals surface area contributed by atoms with Gasteiger partial charge in [0.2, 0.25) is 11.8 Å². The molecule has 0 aromatic rings. The normalized spacial score (nSPS) is 31.9. The van der Waals surface area contributed by atoms with Gasteiger partial charge < -0.3 is 100 Å². The first-order chi connectivity index (χ1) is 35.9.